The van der Waals surface area contributed by atoms with Crippen LogP contribution in [0.4, 0.5) is 0 Å². The Bertz CT molecular complexity index is 181. The third kappa shape index (κ3) is 3.34. The minimum atomic E-state index is -1.48. The van der Waals surface area contributed by atoms with Crippen molar-refractivity contribution in [3.63, 3.8) is 0 Å². The predicted octanol–water partition coefficient (Wildman–Crippen LogP) is 1.03. The molecule has 0 unspecified atom stereocenters. The Labute approximate surface area is 63.5 Å². The van der Waals surface area contributed by atoms with Crippen LogP contribution >= 0.6 is 0 Å². The SMILES string of the molecule is CCCC=C(C(=O)O)[N+](=O)[O-]. The zero-order valence-corrected chi connectivity index (χ0v) is 6.11. The van der Waals surface area contributed by atoms with Gasteiger partial charge in [0.05, 0.1) is 4.92 Å². The molecule has 62 valence electrons. The fourth-order valence-electron chi connectivity index (χ4n) is 0.521. The van der Waals surface area contributed by atoms with Crippen LogP contribution in [-0.2, 0) is 4.79 Å². The molecule has 5 nitrogen and oxygen atoms in total. The van der Waals surface area contributed by atoms with Crippen molar-refractivity contribution in [1.82, 2.24) is 0 Å². The summed E-state index contributed by atoms with van der Waals surface area (Å²) in [7, 11) is 0. The van der Waals surface area contributed by atoms with Crippen LogP contribution in [0.1, 0.15) is 19.8 Å². The predicted molar refractivity (Wildman–Crippen MR) is 37.6 cm³/mol. The number of nitrogens with zero attached hydrogens (tertiary/aromatic N) is 1. The monoisotopic (exact) mass is 159 g/mol. The van der Waals surface area contributed by atoms with E-state index in [0.29, 0.717) is 12.8 Å². The Morgan fingerprint density at radius 2 is 2.27 bits per heavy atom. The summed E-state index contributed by atoms with van der Waals surface area (Å²) in [6, 6.07) is 0. The molecule has 0 aliphatic rings. The number of hydrogen-bond donors (Lipinski definition) is 1. The lowest BCUT2D eigenvalue weighted by molar-refractivity contribution is -0.421. The Morgan fingerprint density at radius 3 is 2.55 bits per heavy atom. The van der Waals surface area contributed by atoms with Crippen LogP contribution < -0.4 is 0 Å². The van der Waals surface area contributed by atoms with Crippen LogP contribution in [0.5, 0.6) is 0 Å². The molecule has 0 aromatic rings. The number of aliphatic carboxylic acids is 1. The van der Waals surface area contributed by atoms with Crippen LogP contribution in [-0.4, -0.2) is 16.0 Å². The average molecular weight is 159 g/mol. The maximum absolute atomic E-state index is 10.1. The minimum Gasteiger partial charge on any atom is -0.473 e. The number of hydrogen-bond acceptors (Lipinski definition) is 3. The highest BCUT2D eigenvalue weighted by Gasteiger charge is 2.18. The van der Waals surface area contributed by atoms with Crippen LogP contribution in [0.3, 0.4) is 0 Å². The van der Waals surface area contributed by atoms with Crippen molar-refractivity contribution in [2.45, 2.75) is 19.8 Å². The molecule has 11 heavy (non-hydrogen) atoms. The number of allylic oxidation sites excluding steroid dienone is 1. The van der Waals surface area contributed by atoms with Crippen molar-refractivity contribution in [3.8, 4) is 0 Å². The molecule has 0 fully saturated rings. The van der Waals surface area contributed by atoms with E-state index in [9.17, 15) is 14.9 Å². The van der Waals surface area contributed by atoms with E-state index in [1.807, 2.05) is 6.92 Å². The maximum Gasteiger partial charge on any atom is 0.407 e. The van der Waals surface area contributed by atoms with Crippen molar-refractivity contribution in [2.24, 2.45) is 0 Å². The van der Waals surface area contributed by atoms with Gasteiger partial charge in [-0.2, -0.15) is 0 Å². The van der Waals surface area contributed by atoms with Crippen LogP contribution in [0.25, 0.3) is 0 Å². The molecule has 0 atom stereocenters. The highest BCUT2D eigenvalue weighted by atomic mass is 16.6. The van der Waals surface area contributed by atoms with Crippen LogP contribution in [0.15, 0.2) is 11.8 Å². The summed E-state index contributed by atoms with van der Waals surface area (Å²) in [6.45, 7) is 1.82. The molecule has 5 heteroatoms. The van der Waals surface area contributed by atoms with Gasteiger partial charge >= 0.3 is 11.7 Å². The fraction of sp³-hybridized carbons (Fsp3) is 0.500. The van der Waals surface area contributed by atoms with Gasteiger partial charge in [-0.1, -0.05) is 13.3 Å². The normalized spacial score (nSPS) is 11.2. The van der Waals surface area contributed by atoms with E-state index in [1.165, 1.54) is 0 Å². The average Bonchev–Trinajstić information content (AvgIpc) is 1.87. The van der Waals surface area contributed by atoms with Gasteiger partial charge in [-0.15, -0.1) is 0 Å². The standard InChI is InChI=1S/C6H9NO4/c1-2-3-4-5(6(8)9)7(10)11/h4H,2-3H2,1H3,(H,8,9). The lowest BCUT2D eigenvalue weighted by atomic mass is 10.3. The molecule has 0 aliphatic heterocycles. The molecule has 0 aromatic heterocycles. The summed E-state index contributed by atoms with van der Waals surface area (Å²) in [5.41, 5.74) is -0.744. The number of unbranched alkanes of at least 4 members (excludes halogenated alkanes) is 1. The van der Waals surface area contributed by atoms with Crippen molar-refractivity contribution < 1.29 is 14.8 Å². The van der Waals surface area contributed by atoms with Crippen LogP contribution in [0, 0.1) is 10.1 Å². The zero-order chi connectivity index (χ0) is 8.85. The Kier molecular flexibility index (Phi) is 3.87. The number of rotatable bonds is 4. The lowest BCUT2D eigenvalue weighted by Crippen LogP contribution is -2.09. The van der Waals surface area contributed by atoms with Gasteiger partial charge in [0.1, 0.15) is 0 Å². The first kappa shape index (κ1) is 9.61. The molecule has 0 spiro atoms. The zero-order valence-electron chi connectivity index (χ0n) is 6.11. The molecule has 0 heterocycles. The molecule has 0 saturated heterocycles. The first-order chi connectivity index (χ1) is 5.09. The van der Waals surface area contributed by atoms with Gasteiger partial charge in [-0.25, -0.2) is 4.79 Å². The van der Waals surface area contributed by atoms with Gasteiger partial charge in [0.15, 0.2) is 0 Å². The van der Waals surface area contributed by atoms with E-state index in [4.69, 9.17) is 5.11 Å². The number of carbonyl (C=O) groups is 1. The molecular formula is C6H9NO4. The Hall–Kier alpha value is -1.39. The van der Waals surface area contributed by atoms with E-state index >= 15 is 0 Å². The van der Waals surface area contributed by atoms with Crippen molar-refractivity contribution in [2.75, 3.05) is 0 Å². The molecular weight excluding hydrogens is 150 g/mol. The molecule has 0 bridgehead atoms. The second-order valence-corrected chi connectivity index (χ2v) is 1.94. The van der Waals surface area contributed by atoms with Gasteiger partial charge in [0.25, 0.3) is 0 Å². The lowest BCUT2D eigenvalue weighted by Gasteiger charge is -1.89. The van der Waals surface area contributed by atoms with E-state index in [1.54, 1.807) is 0 Å². The Balaban J connectivity index is 4.33. The summed E-state index contributed by atoms with van der Waals surface area (Å²) < 4.78 is 0. The van der Waals surface area contributed by atoms with Crippen molar-refractivity contribution in [1.29, 1.82) is 0 Å². The quantitative estimate of drug-likeness (QED) is 0.377. The molecule has 1 N–H and O–H groups in total. The summed E-state index contributed by atoms with van der Waals surface area (Å²) in [5, 5.41) is 18.3. The molecule has 0 aromatic carbocycles. The van der Waals surface area contributed by atoms with Gasteiger partial charge < -0.3 is 5.11 Å². The fourth-order valence-corrected chi connectivity index (χ4v) is 0.521. The van der Waals surface area contributed by atoms with Crippen LogP contribution in [0.2, 0.25) is 0 Å². The molecule has 0 amide bonds. The van der Waals surface area contributed by atoms with E-state index in [0.717, 1.165) is 6.08 Å². The number of carboxylic acids is 1. The third-order valence-electron chi connectivity index (χ3n) is 1.04. The van der Waals surface area contributed by atoms with E-state index in [2.05, 4.69) is 0 Å². The van der Waals surface area contributed by atoms with Gasteiger partial charge in [-0.05, 0) is 6.42 Å². The van der Waals surface area contributed by atoms with E-state index < -0.39 is 16.6 Å². The topological polar surface area (TPSA) is 80.4 Å². The van der Waals surface area contributed by atoms with Gasteiger partial charge in [-0.3, -0.25) is 10.1 Å². The molecule has 0 saturated carbocycles. The summed E-state index contributed by atoms with van der Waals surface area (Å²) in [4.78, 5) is 19.2. The summed E-state index contributed by atoms with van der Waals surface area (Å²) >= 11 is 0. The molecule has 0 aliphatic carbocycles. The minimum absolute atomic E-state index is 0.419. The maximum atomic E-state index is 10.1. The second kappa shape index (κ2) is 4.43. The third-order valence-corrected chi connectivity index (χ3v) is 1.04. The first-order valence-corrected chi connectivity index (χ1v) is 3.17. The first-order valence-electron chi connectivity index (χ1n) is 3.17. The van der Waals surface area contributed by atoms with Gasteiger partial charge in [0, 0.05) is 6.08 Å². The Morgan fingerprint density at radius 1 is 1.73 bits per heavy atom. The summed E-state index contributed by atoms with van der Waals surface area (Å²) in [6.07, 6.45) is 2.23. The van der Waals surface area contributed by atoms with Crippen molar-refractivity contribution >= 4 is 5.97 Å². The smallest absolute Gasteiger partial charge is 0.407 e. The highest BCUT2D eigenvalue weighted by molar-refractivity contribution is 5.83. The molecule has 0 rings (SSSR count). The summed E-state index contributed by atoms with van der Waals surface area (Å²) in [5.74, 6) is -1.48. The highest BCUT2D eigenvalue weighted by Crippen LogP contribution is 1.99. The van der Waals surface area contributed by atoms with Crippen molar-refractivity contribution in [3.05, 3.63) is 21.9 Å². The largest absolute Gasteiger partial charge is 0.473 e. The van der Waals surface area contributed by atoms with E-state index in [-0.39, 0.29) is 0 Å². The number of nitro groups is 1. The van der Waals surface area contributed by atoms with Gasteiger partial charge in [0.2, 0.25) is 0 Å². The second-order valence-electron chi connectivity index (χ2n) is 1.94. The molecule has 0 radical (unpaired) electrons. The number of carboxylic acid groups (broad SMARTS) is 1.